The third-order valence-electron chi connectivity index (χ3n) is 8.62. The number of carbonyl (C=O) groups is 2. The van der Waals surface area contributed by atoms with Gasteiger partial charge in [0.2, 0.25) is 11.8 Å². The van der Waals surface area contributed by atoms with Gasteiger partial charge in [0, 0.05) is 19.0 Å². The van der Waals surface area contributed by atoms with E-state index in [9.17, 15) is 18.0 Å². The van der Waals surface area contributed by atoms with E-state index in [2.05, 4.69) is 5.32 Å². The molecule has 1 saturated carbocycles. The highest BCUT2D eigenvalue weighted by atomic mass is 32.2. The second-order valence-corrected chi connectivity index (χ2v) is 13.8. The van der Waals surface area contributed by atoms with Gasteiger partial charge in [-0.1, -0.05) is 85.6 Å². The van der Waals surface area contributed by atoms with Crippen molar-refractivity contribution in [1.82, 2.24) is 10.2 Å². The molecule has 0 saturated heterocycles. The Labute approximate surface area is 278 Å². The molecule has 9 heteroatoms. The molecule has 4 aromatic carbocycles. The molecule has 5 rings (SSSR count). The number of nitrogens with one attached hydrogen (secondary N) is 1. The van der Waals surface area contributed by atoms with E-state index < -0.39 is 28.5 Å². The monoisotopic (exact) mass is 653 g/mol. The van der Waals surface area contributed by atoms with Crippen LogP contribution in [0.15, 0.2) is 114 Å². The van der Waals surface area contributed by atoms with E-state index in [0.717, 1.165) is 46.7 Å². The smallest absolute Gasteiger partial charge is 0.264 e. The SMILES string of the molecule is CCOc1ccc(N(CC(=O)N(Cc2ccccc2C)C(Cc2ccccc2)C(=O)NC2CCCC2)S(=O)(=O)c2ccccc2)cc1. The van der Waals surface area contributed by atoms with Gasteiger partial charge in [-0.05, 0) is 79.8 Å². The van der Waals surface area contributed by atoms with E-state index >= 15 is 0 Å². The molecule has 0 heterocycles. The number of carbonyl (C=O) groups excluding carboxylic acids is 2. The number of hydrogen-bond acceptors (Lipinski definition) is 5. The summed E-state index contributed by atoms with van der Waals surface area (Å²) in [6, 6.07) is 31.3. The zero-order valence-corrected chi connectivity index (χ0v) is 27.9. The van der Waals surface area contributed by atoms with Crippen LogP contribution in [-0.2, 0) is 32.6 Å². The lowest BCUT2D eigenvalue weighted by Crippen LogP contribution is -2.54. The van der Waals surface area contributed by atoms with Crippen LogP contribution in [0.3, 0.4) is 0 Å². The lowest BCUT2D eigenvalue weighted by molar-refractivity contribution is -0.140. The third-order valence-corrected chi connectivity index (χ3v) is 10.4. The van der Waals surface area contributed by atoms with Crippen molar-refractivity contribution in [3.05, 3.63) is 126 Å². The second-order valence-electron chi connectivity index (χ2n) is 11.9. The number of ether oxygens (including phenoxy) is 1. The average Bonchev–Trinajstić information content (AvgIpc) is 3.60. The minimum Gasteiger partial charge on any atom is -0.494 e. The summed E-state index contributed by atoms with van der Waals surface area (Å²) < 4.78 is 35.1. The first-order chi connectivity index (χ1) is 22.8. The highest BCUT2D eigenvalue weighted by Crippen LogP contribution is 2.27. The fourth-order valence-electron chi connectivity index (χ4n) is 6.02. The van der Waals surface area contributed by atoms with Gasteiger partial charge in [-0.2, -0.15) is 0 Å². The molecule has 47 heavy (non-hydrogen) atoms. The van der Waals surface area contributed by atoms with Crippen LogP contribution < -0.4 is 14.4 Å². The summed E-state index contributed by atoms with van der Waals surface area (Å²) in [4.78, 5) is 30.4. The fraction of sp³-hybridized carbons (Fsp3) is 0.316. The molecular weight excluding hydrogens is 611 g/mol. The van der Waals surface area contributed by atoms with Gasteiger partial charge in [-0.25, -0.2) is 8.42 Å². The Morgan fingerprint density at radius 3 is 2.11 bits per heavy atom. The first-order valence-electron chi connectivity index (χ1n) is 16.2. The molecule has 0 aromatic heterocycles. The Kier molecular flexibility index (Phi) is 11.3. The Bertz CT molecular complexity index is 1720. The summed E-state index contributed by atoms with van der Waals surface area (Å²) in [7, 11) is -4.17. The van der Waals surface area contributed by atoms with E-state index in [0.29, 0.717) is 18.0 Å². The van der Waals surface area contributed by atoms with Crippen LogP contribution in [0.5, 0.6) is 5.75 Å². The maximum absolute atomic E-state index is 14.7. The second kappa shape index (κ2) is 15.8. The van der Waals surface area contributed by atoms with Crippen molar-refractivity contribution in [3.63, 3.8) is 0 Å². The van der Waals surface area contributed by atoms with Gasteiger partial charge in [0.1, 0.15) is 18.3 Å². The van der Waals surface area contributed by atoms with E-state index in [1.54, 1.807) is 47.4 Å². The summed E-state index contributed by atoms with van der Waals surface area (Å²) in [5.41, 5.74) is 3.07. The average molecular weight is 654 g/mol. The molecule has 2 amide bonds. The molecule has 0 bridgehead atoms. The number of aryl methyl sites for hydroxylation is 1. The van der Waals surface area contributed by atoms with Gasteiger partial charge in [0.15, 0.2) is 0 Å². The topological polar surface area (TPSA) is 96.0 Å². The minimum absolute atomic E-state index is 0.0509. The van der Waals surface area contributed by atoms with Gasteiger partial charge in [0.05, 0.1) is 17.2 Å². The van der Waals surface area contributed by atoms with Crippen molar-refractivity contribution in [2.24, 2.45) is 0 Å². The van der Waals surface area contributed by atoms with Crippen LogP contribution in [0.4, 0.5) is 5.69 Å². The van der Waals surface area contributed by atoms with E-state index in [-0.39, 0.29) is 29.8 Å². The van der Waals surface area contributed by atoms with Crippen LogP contribution in [0, 0.1) is 6.92 Å². The van der Waals surface area contributed by atoms with Crippen molar-refractivity contribution >= 4 is 27.5 Å². The lowest BCUT2D eigenvalue weighted by atomic mass is 10.0. The molecule has 1 aliphatic carbocycles. The number of rotatable bonds is 14. The molecule has 1 aliphatic rings. The largest absolute Gasteiger partial charge is 0.494 e. The number of amides is 2. The van der Waals surface area contributed by atoms with Gasteiger partial charge < -0.3 is 15.0 Å². The molecule has 4 aromatic rings. The highest BCUT2D eigenvalue weighted by Gasteiger charge is 2.35. The van der Waals surface area contributed by atoms with Crippen molar-refractivity contribution in [1.29, 1.82) is 0 Å². The van der Waals surface area contributed by atoms with Crippen LogP contribution in [0.1, 0.15) is 49.3 Å². The van der Waals surface area contributed by atoms with Crippen molar-refractivity contribution in [3.8, 4) is 5.75 Å². The molecule has 1 N–H and O–H groups in total. The maximum Gasteiger partial charge on any atom is 0.264 e. The lowest BCUT2D eigenvalue weighted by Gasteiger charge is -2.34. The molecular formula is C38H43N3O5S. The molecule has 0 spiro atoms. The Hall–Kier alpha value is -4.63. The molecule has 0 radical (unpaired) electrons. The Balaban J connectivity index is 1.56. The summed E-state index contributed by atoms with van der Waals surface area (Å²) >= 11 is 0. The van der Waals surface area contributed by atoms with Crippen molar-refractivity contribution in [2.75, 3.05) is 17.5 Å². The van der Waals surface area contributed by atoms with Crippen LogP contribution in [-0.4, -0.2) is 50.4 Å². The summed E-state index contributed by atoms with van der Waals surface area (Å²) in [6.07, 6.45) is 4.18. The quantitative estimate of drug-likeness (QED) is 0.173. The van der Waals surface area contributed by atoms with Crippen LogP contribution >= 0.6 is 0 Å². The first-order valence-corrected chi connectivity index (χ1v) is 17.7. The number of hydrogen-bond donors (Lipinski definition) is 1. The zero-order chi connectivity index (χ0) is 33.2. The molecule has 1 unspecified atom stereocenters. The maximum atomic E-state index is 14.7. The van der Waals surface area contributed by atoms with Gasteiger partial charge in [-0.15, -0.1) is 0 Å². The highest BCUT2D eigenvalue weighted by molar-refractivity contribution is 7.92. The molecule has 0 aliphatic heterocycles. The fourth-order valence-corrected chi connectivity index (χ4v) is 7.45. The predicted molar refractivity (Wildman–Crippen MR) is 185 cm³/mol. The molecule has 1 fully saturated rings. The Morgan fingerprint density at radius 1 is 0.851 bits per heavy atom. The van der Waals surface area contributed by atoms with Gasteiger partial charge >= 0.3 is 0 Å². The van der Waals surface area contributed by atoms with E-state index in [1.165, 1.54) is 12.1 Å². The first kappa shape index (κ1) is 33.7. The van der Waals surface area contributed by atoms with Crippen molar-refractivity contribution in [2.45, 2.75) is 69.5 Å². The normalized spacial score (nSPS) is 13.9. The number of benzene rings is 4. The summed E-state index contributed by atoms with van der Waals surface area (Å²) in [6.45, 7) is 3.94. The summed E-state index contributed by atoms with van der Waals surface area (Å²) in [5, 5.41) is 3.22. The molecule has 1 atom stereocenters. The Morgan fingerprint density at radius 2 is 1.47 bits per heavy atom. The number of nitrogens with zero attached hydrogens (tertiary/aromatic N) is 2. The van der Waals surface area contributed by atoms with Crippen LogP contribution in [0.25, 0.3) is 0 Å². The number of sulfonamides is 1. The standard InChI is InChI=1S/C38H43N3O5S/c1-3-46-34-24-22-33(23-25-34)41(47(44,45)35-20-8-5-9-21-35)28-37(42)40(27-31-17-11-10-14-29(31)2)36(26-30-15-6-4-7-16-30)38(43)39-32-18-12-13-19-32/h4-11,14-17,20-25,32,36H,3,12-13,18-19,26-28H2,1-2H3,(H,39,43). The van der Waals surface area contributed by atoms with E-state index in [1.807, 2.05) is 68.4 Å². The van der Waals surface area contributed by atoms with Gasteiger partial charge in [-0.3, -0.25) is 13.9 Å². The number of anilines is 1. The summed E-state index contributed by atoms with van der Waals surface area (Å²) in [5.74, 6) is -0.127. The zero-order valence-electron chi connectivity index (χ0n) is 27.0. The third kappa shape index (κ3) is 8.60. The van der Waals surface area contributed by atoms with E-state index in [4.69, 9.17) is 4.74 Å². The molecule has 8 nitrogen and oxygen atoms in total. The van der Waals surface area contributed by atoms with Crippen molar-refractivity contribution < 1.29 is 22.7 Å². The van der Waals surface area contributed by atoms with Gasteiger partial charge in [0.25, 0.3) is 10.0 Å². The molecule has 246 valence electrons. The van der Waals surface area contributed by atoms with Crippen LogP contribution in [0.2, 0.25) is 0 Å². The predicted octanol–water partition coefficient (Wildman–Crippen LogP) is 6.29. The minimum atomic E-state index is -4.17.